The normalized spacial score (nSPS) is 12.2. The van der Waals surface area contributed by atoms with Gasteiger partial charge >= 0.3 is 0 Å². The van der Waals surface area contributed by atoms with E-state index in [4.69, 9.17) is 4.74 Å². The number of ether oxygens (including phenoxy) is 1. The zero-order chi connectivity index (χ0) is 15.2. The SMILES string of the molecule is CCNC(C)c1ccccc1OCc1c(F)cccc1F. The Kier molecular flexibility index (Phi) is 5.28. The fourth-order valence-electron chi connectivity index (χ4n) is 2.21. The van der Waals surface area contributed by atoms with Gasteiger partial charge in [-0.05, 0) is 31.7 Å². The van der Waals surface area contributed by atoms with Crippen LogP contribution in [0.1, 0.15) is 31.0 Å². The quantitative estimate of drug-likeness (QED) is 0.860. The van der Waals surface area contributed by atoms with Gasteiger partial charge in [0.15, 0.2) is 0 Å². The van der Waals surface area contributed by atoms with Crippen molar-refractivity contribution in [3.8, 4) is 5.75 Å². The Morgan fingerprint density at radius 2 is 1.71 bits per heavy atom. The molecule has 0 saturated heterocycles. The van der Waals surface area contributed by atoms with Crippen LogP contribution in [0, 0.1) is 11.6 Å². The van der Waals surface area contributed by atoms with E-state index in [-0.39, 0.29) is 18.2 Å². The van der Waals surface area contributed by atoms with Crippen molar-refractivity contribution >= 4 is 0 Å². The number of para-hydroxylation sites is 1. The Balaban J connectivity index is 2.17. The second kappa shape index (κ2) is 7.18. The molecule has 0 radical (unpaired) electrons. The van der Waals surface area contributed by atoms with Gasteiger partial charge < -0.3 is 10.1 Å². The molecule has 4 heteroatoms. The van der Waals surface area contributed by atoms with Crippen molar-refractivity contribution < 1.29 is 13.5 Å². The largest absolute Gasteiger partial charge is 0.488 e. The molecule has 112 valence electrons. The zero-order valence-corrected chi connectivity index (χ0v) is 12.2. The summed E-state index contributed by atoms with van der Waals surface area (Å²) >= 11 is 0. The highest BCUT2D eigenvalue weighted by Crippen LogP contribution is 2.26. The summed E-state index contributed by atoms with van der Waals surface area (Å²) in [5, 5.41) is 3.29. The van der Waals surface area contributed by atoms with Gasteiger partial charge in [0.2, 0.25) is 0 Å². The third-order valence-electron chi connectivity index (χ3n) is 3.33. The number of hydrogen-bond acceptors (Lipinski definition) is 2. The number of hydrogen-bond donors (Lipinski definition) is 1. The minimum atomic E-state index is -0.591. The van der Waals surface area contributed by atoms with Crippen molar-refractivity contribution in [2.75, 3.05) is 6.54 Å². The van der Waals surface area contributed by atoms with E-state index < -0.39 is 11.6 Å². The molecule has 1 unspecified atom stereocenters. The van der Waals surface area contributed by atoms with Crippen molar-refractivity contribution in [1.82, 2.24) is 5.32 Å². The van der Waals surface area contributed by atoms with Gasteiger partial charge in [0.1, 0.15) is 24.0 Å². The minimum Gasteiger partial charge on any atom is -0.488 e. The second-order valence-corrected chi connectivity index (χ2v) is 4.81. The van der Waals surface area contributed by atoms with Crippen LogP contribution in [0.5, 0.6) is 5.75 Å². The van der Waals surface area contributed by atoms with Gasteiger partial charge in [-0.3, -0.25) is 0 Å². The summed E-state index contributed by atoms with van der Waals surface area (Å²) in [7, 11) is 0. The molecule has 0 aliphatic heterocycles. The molecule has 2 nitrogen and oxygen atoms in total. The molecule has 0 spiro atoms. The Hall–Kier alpha value is -1.94. The van der Waals surface area contributed by atoms with Gasteiger partial charge in [0.05, 0.1) is 5.56 Å². The molecule has 0 aromatic heterocycles. The molecule has 1 atom stereocenters. The van der Waals surface area contributed by atoms with Crippen LogP contribution in [0.4, 0.5) is 8.78 Å². The van der Waals surface area contributed by atoms with Crippen molar-refractivity contribution in [3.63, 3.8) is 0 Å². The summed E-state index contributed by atoms with van der Waals surface area (Å²) in [6.07, 6.45) is 0. The molecule has 0 aliphatic carbocycles. The summed E-state index contributed by atoms with van der Waals surface area (Å²) in [5.41, 5.74) is 0.916. The van der Waals surface area contributed by atoms with Gasteiger partial charge in [-0.2, -0.15) is 0 Å². The first-order valence-electron chi connectivity index (χ1n) is 7.01. The highest BCUT2D eigenvalue weighted by molar-refractivity contribution is 5.36. The Labute approximate surface area is 123 Å². The lowest BCUT2D eigenvalue weighted by atomic mass is 10.1. The fraction of sp³-hybridized carbons (Fsp3) is 0.294. The molecule has 2 rings (SSSR count). The Morgan fingerprint density at radius 1 is 1.05 bits per heavy atom. The predicted octanol–water partition coefficient (Wildman–Crippen LogP) is 4.21. The number of rotatable bonds is 6. The third-order valence-corrected chi connectivity index (χ3v) is 3.33. The topological polar surface area (TPSA) is 21.3 Å². The number of benzene rings is 2. The van der Waals surface area contributed by atoms with Crippen LogP contribution in [-0.4, -0.2) is 6.54 Å². The molecule has 1 N–H and O–H groups in total. The lowest BCUT2D eigenvalue weighted by Crippen LogP contribution is -2.18. The van der Waals surface area contributed by atoms with Crippen LogP contribution >= 0.6 is 0 Å². The lowest BCUT2D eigenvalue weighted by molar-refractivity contribution is 0.287. The molecule has 0 amide bonds. The summed E-state index contributed by atoms with van der Waals surface area (Å²) in [4.78, 5) is 0. The van der Waals surface area contributed by atoms with E-state index in [0.29, 0.717) is 5.75 Å². The zero-order valence-electron chi connectivity index (χ0n) is 12.2. The first-order valence-corrected chi connectivity index (χ1v) is 7.01. The standard InChI is InChI=1S/C17H19F2NO/c1-3-20-12(2)13-7-4-5-10-17(13)21-11-14-15(18)8-6-9-16(14)19/h4-10,12,20H,3,11H2,1-2H3. The van der Waals surface area contributed by atoms with Gasteiger partial charge in [-0.1, -0.05) is 31.2 Å². The lowest BCUT2D eigenvalue weighted by Gasteiger charge is -2.17. The van der Waals surface area contributed by atoms with Gasteiger partial charge in [0, 0.05) is 11.6 Å². The molecule has 0 aliphatic rings. The van der Waals surface area contributed by atoms with E-state index in [9.17, 15) is 8.78 Å². The first kappa shape index (κ1) is 15.4. The van der Waals surface area contributed by atoms with Gasteiger partial charge in [-0.15, -0.1) is 0 Å². The van der Waals surface area contributed by atoms with E-state index in [1.54, 1.807) is 0 Å². The maximum absolute atomic E-state index is 13.6. The van der Waals surface area contributed by atoms with E-state index >= 15 is 0 Å². The van der Waals surface area contributed by atoms with E-state index in [1.807, 2.05) is 38.1 Å². The summed E-state index contributed by atoms with van der Waals surface area (Å²) < 4.78 is 32.8. The molecule has 0 bridgehead atoms. The minimum absolute atomic E-state index is 0.0524. The van der Waals surface area contributed by atoms with Crippen molar-refractivity contribution in [2.24, 2.45) is 0 Å². The van der Waals surface area contributed by atoms with Crippen LogP contribution in [0.15, 0.2) is 42.5 Å². The predicted molar refractivity (Wildman–Crippen MR) is 79.2 cm³/mol. The average molecular weight is 291 g/mol. The van der Waals surface area contributed by atoms with E-state index in [2.05, 4.69) is 5.32 Å². The van der Waals surface area contributed by atoms with E-state index in [1.165, 1.54) is 18.2 Å². The van der Waals surface area contributed by atoms with Gasteiger partial charge in [-0.25, -0.2) is 8.78 Å². The highest BCUT2D eigenvalue weighted by Gasteiger charge is 2.13. The second-order valence-electron chi connectivity index (χ2n) is 4.81. The van der Waals surface area contributed by atoms with Crippen LogP contribution in [0.2, 0.25) is 0 Å². The van der Waals surface area contributed by atoms with Gasteiger partial charge in [0.25, 0.3) is 0 Å². The Morgan fingerprint density at radius 3 is 2.38 bits per heavy atom. The third kappa shape index (κ3) is 3.79. The molecule has 0 fully saturated rings. The van der Waals surface area contributed by atoms with E-state index in [0.717, 1.165) is 12.1 Å². The highest BCUT2D eigenvalue weighted by atomic mass is 19.1. The smallest absolute Gasteiger partial charge is 0.132 e. The molecule has 0 heterocycles. The fourth-order valence-corrected chi connectivity index (χ4v) is 2.21. The molecule has 2 aromatic rings. The first-order chi connectivity index (χ1) is 10.1. The number of halogens is 2. The monoisotopic (exact) mass is 291 g/mol. The summed E-state index contributed by atoms with van der Waals surface area (Å²) in [6, 6.07) is 11.4. The number of nitrogens with one attached hydrogen (secondary N) is 1. The molecule has 2 aromatic carbocycles. The van der Waals surface area contributed by atoms with Crippen LogP contribution < -0.4 is 10.1 Å². The van der Waals surface area contributed by atoms with Crippen molar-refractivity contribution in [2.45, 2.75) is 26.5 Å². The molecule has 0 saturated carbocycles. The summed E-state index contributed by atoms with van der Waals surface area (Å²) in [5.74, 6) is -0.548. The molecular weight excluding hydrogens is 272 g/mol. The Bertz CT molecular complexity index is 581. The van der Waals surface area contributed by atoms with Crippen LogP contribution in [-0.2, 0) is 6.61 Å². The average Bonchev–Trinajstić information content (AvgIpc) is 2.47. The maximum Gasteiger partial charge on any atom is 0.132 e. The van der Waals surface area contributed by atoms with Crippen molar-refractivity contribution in [1.29, 1.82) is 0 Å². The maximum atomic E-state index is 13.6. The van der Waals surface area contributed by atoms with Crippen molar-refractivity contribution in [3.05, 3.63) is 65.2 Å². The summed E-state index contributed by atoms with van der Waals surface area (Å²) in [6.45, 7) is 4.75. The van der Waals surface area contributed by atoms with Crippen LogP contribution in [0.3, 0.4) is 0 Å². The molecular formula is C17H19F2NO. The molecule has 21 heavy (non-hydrogen) atoms. The van der Waals surface area contributed by atoms with Crippen LogP contribution in [0.25, 0.3) is 0 Å².